The Balaban J connectivity index is 1.30. The summed E-state index contributed by atoms with van der Waals surface area (Å²) in [5, 5.41) is 19.8. The Morgan fingerprint density at radius 3 is 2.38 bits per heavy atom. The molecule has 1 saturated heterocycles. The highest BCUT2D eigenvalue weighted by atomic mass is 32.2. The predicted octanol–water partition coefficient (Wildman–Crippen LogP) is 7.21. The molecule has 2 N–H and O–H groups in total. The van der Waals surface area contributed by atoms with Gasteiger partial charge in [-0.15, -0.1) is 13.2 Å². The molecule has 246 valence electrons. The monoisotopic (exact) mass is 675 g/mol. The average Bonchev–Trinajstić information content (AvgIpc) is 3.54. The molecule has 0 unspecified atom stereocenters. The molecular weight excluding hydrogens is 647 g/mol. The average molecular weight is 676 g/mol. The molecule has 2 heterocycles. The third-order valence-electron chi connectivity index (χ3n) is 7.16. The van der Waals surface area contributed by atoms with Crippen LogP contribution in [0.2, 0.25) is 0 Å². The number of nitrogens with one attached hydrogen (secondary N) is 2. The smallest absolute Gasteiger partial charge is 0.406 e. The number of hydrogen-bond acceptors (Lipinski definition) is 7. The maximum Gasteiger partial charge on any atom is 0.573 e. The van der Waals surface area contributed by atoms with Crippen molar-refractivity contribution in [2.24, 2.45) is 12.0 Å². The number of rotatable bonds is 7. The first kappa shape index (κ1) is 33.7. The lowest BCUT2D eigenvalue weighted by atomic mass is 9.99. The van der Waals surface area contributed by atoms with Gasteiger partial charge in [0.05, 0.1) is 11.4 Å². The molecule has 11 nitrogen and oxygen atoms in total. The second-order valence-electron chi connectivity index (χ2n) is 11.0. The van der Waals surface area contributed by atoms with Crippen molar-refractivity contribution in [1.29, 1.82) is 5.26 Å². The van der Waals surface area contributed by atoms with Crippen LogP contribution in [0.1, 0.15) is 46.8 Å². The van der Waals surface area contributed by atoms with E-state index in [9.17, 15) is 32.8 Å². The summed E-state index contributed by atoms with van der Waals surface area (Å²) in [6.45, 7) is 5.98. The molecule has 4 aromatic rings. The van der Waals surface area contributed by atoms with Gasteiger partial charge in [-0.2, -0.15) is 15.4 Å². The van der Waals surface area contributed by atoms with E-state index in [1.165, 1.54) is 28.4 Å². The molecule has 15 heteroatoms. The number of amides is 4. The number of alkyl halides is 3. The molecule has 0 radical (unpaired) electrons. The Kier molecular flexibility index (Phi) is 9.57. The molecule has 1 fully saturated rings. The molecule has 5 rings (SSSR count). The van der Waals surface area contributed by atoms with Crippen molar-refractivity contribution in [2.45, 2.75) is 33.1 Å². The molecule has 0 atom stereocenters. The van der Waals surface area contributed by atoms with Gasteiger partial charge < -0.3 is 15.4 Å². The number of aromatic nitrogens is 2. The number of benzene rings is 3. The number of carbonyl (C=O) groups is 3. The van der Waals surface area contributed by atoms with Crippen LogP contribution in [0.5, 0.6) is 5.75 Å². The van der Waals surface area contributed by atoms with Crippen molar-refractivity contribution >= 4 is 52.0 Å². The number of urea groups is 1. The zero-order valence-corrected chi connectivity index (χ0v) is 26.9. The first-order chi connectivity index (χ1) is 22.7. The lowest BCUT2D eigenvalue weighted by Crippen LogP contribution is -2.31. The number of nitriles is 1. The standard InChI is InChI=1S/C33H28F3N7O4S/c1-18(2)24-14-5-19(3)15-26(24)43-27(44)17-48-32(43)40-31(46)38-22-10-6-20(7-11-22)28-25(16-37)29(42(4)41-28)39-30(45)21-8-12-23(13-9-21)47-33(34,35)36/h5-15,18H,17H2,1-4H3,(H,38,46)(H,39,45)/b40-32-. The summed E-state index contributed by atoms with van der Waals surface area (Å²) in [6.07, 6.45) is -4.87. The Morgan fingerprint density at radius 2 is 1.75 bits per heavy atom. The van der Waals surface area contributed by atoms with Crippen LogP contribution in [-0.4, -0.2) is 44.9 Å². The van der Waals surface area contributed by atoms with Crippen LogP contribution in [0.3, 0.4) is 0 Å². The molecular formula is C33H28F3N7O4S. The van der Waals surface area contributed by atoms with E-state index in [0.29, 0.717) is 16.9 Å². The zero-order chi connectivity index (χ0) is 34.7. The number of anilines is 3. The van der Waals surface area contributed by atoms with E-state index in [1.807, 2.05) is 45.0 Å². The molecule has 48 heavy (non-hydrogen) atoms. The summed E-state index contributed by atoms with van der Waals surface area (Å²) in [6, 6.07) is 18.0. The Hall–Kier alpha value is -5.62. The highest BCUT2D eigenvalue weighted by Crippen LogP contribution is 2.35. The number of hydrogen-bond donors (Lipinski definition) is 2. The van der Waals surface area contributed by atoms with Gasteiger partial charge in [-0.1, -0.05) is 49.9 Å². The maximum atomic E-state index is 12.9. The van der Waals surface area contributed by atoms with Crippen LogP contribution in [0.25, 0.3) is 11.3 Å². The van der Waals surface area contributed by atoms with Crippen molar-refractivity contribution in [2.75, 3.05) is 21.3 Å². The number of amidine groups is 1. The minimum absolute atomic E-state index is 0.0302. The van der Waals surface area contributed by atoms with Crippen molar-refractivity contribution < 1.29 is 32.3 Å². The summed E-state index contributed by atoms with van der Waals surface area (Å²) in [4.78, 5) is 44.3. The van der Waals surface area contributed by atoms with Crippen LogP contribution >= 0.6 is 11.8 Å². The normalized spacial score (nSPS) is 13.9. The third kappa shape index (κ3) is 7.50. The second kappa shape index (κ2) is 13.6. The molecule has 0 aliphatic carbocycles. The Labute approximate surface area is 277 Å². The fourth-order valence-corrected chi connectivity index (χ4v) is 5.79. The van der Waals surface area contributed by atoms with Crippen LogP contribution in [0.15, 0.2) is 71.7 Å². The van der Waals surface area contributed by atoms with Crippen molar-refractivity contribution in [3.63, 3.8) is 0 Å². The van der Waals surface area contributed by atoms with Gasteiger partial charge in [0, 0.05) is 23.9 Å². The van der Waals surface area contributed by atoms with Crippen LogP contribution in [0.4, 0.5) is 35.2 Å². The molecule has 1 aliphatic heterocycles. The summed E-state index contributed by atoms with van der Waals surface area (Å²) < 4.78 is 42.5. The van der Waals surface area contributed by atoms with Gasteiger partial charge >= 0.3 is 12.4 Å². The topological polar surface area (TPSA) is 142 Å². The SMILES string of the molecule is Cc1ccc(C(C)C)c(N2C(=O)CS/C2=N\C(=O)Nc2ccc(-c3nn(C)c(NC(=O)c4ccc(OC(F)(F)F)cc4)c3C#N)cc2)c1. The highest BCUT2D eigenvalue weighted by Gasteiger charge is 2.33. The van der Waals surface area contributed by atoms with E-state index in [-0.39, 0.29) is 45.4 Å². The van der Waals surface area contributed by atoms with Gasteiger partial charge in [0.15, 0.2) is 5.17 Å². The highest BCUT2D eigenvalue weighted by molar-refractivity contribution is 8.15. The van der Waals surface area contributed by atoms with E-state index >= 15 is 0 Å². The first-order valence-corrected chi connectivity index (χ1v) is 15.4. The van der Waals surface area contributed by atoms with E-state index in [0.717, 1.165) is 35.4 Å². The van der Waals surface area contributed by atoms with E-state index in [4.69, 9.17) is 0 Å². The van der Waals surface area contributed by atoms with Crippen LogP contribution in [0, 0.1) is 18.3 Å². The molecule has 1 aliphatic rings. The number of aryl methyl sites for hydroxylation is 2. The predicted molar refractivity (Wildman–Crippen MR) is 176 cm³/mol. The molecule has 0 saturated carbocycles. The Bertz CT molecular complexity index is 1970. The molecule has 0 bridgehead atoms. The van der Waals surface area contributed by atoms with E-state index in [1.54, 1.807) is 24.3 Å². The molecule has 4 amide bonds. The summed E-state index contributed by atoms with van der Waals surface area (Å²) in [7, 11) is 1.52. The number of halogens is 3. The summed E-state index contributed by atoms with van der Waals surface area (Å²) in [5.41, 5.74) is 3.86. The van der Waals surface area contributed by atoms with Gasteiger partial charge in [-0.25, -0.2) is 4.79 Å². The largest absolute Gasteiger partial charge is 0.573 e. The van der Waals surface area contributed by atoms with Crippen LogP contribution in [-0.2, 0) is 11.8 Å². The fourth-order valence-electron chi connectivity index (χ4n) is 4.93. The second-order valence-corrected chi connectivity index (χ2v) is 11.9. The summed E-state index contributed by atoms with van der Waals surface area (Å²) in [5.74, 6) is -0.960. The van der Waals surface area contributed by atoms with Crippen molar-refractivity contribution in [3.05, 3.63) is 89.0 Å². The van der Waals surface area contributed by atoms with Crippen molar-refractivity contribution in [3.8, 4) is 23.1 Å². The molecule has 0 spiro atoms. The molecule has 1 aromatic heterocycles. The van der Waals surface area contributed by atoms with Crippen LogP contribution < -0.4 is 20.3 Å². The first-order valence-electron chi connectivity index (χ1n) is 14.4. The quantitative estimate of drug-likeness (QED) is 0.211. The zero-order valence-electron chi connectivity index (χ0n) is 26.0. The summed E-state index contributed by atoms with van der Waals surface area (Å²) >= 11 is 1.18. The van der Waals surface area contributed by atoms with Gasteiger partial charge in [-0.3, -0.25) is 19.2 Å². The maximum absolute atomic E-state index is 12.9. The third-order valence-corrected chi connectivity index (χ3v) is 8.09. The van der Waals surface area contributed by atoms with Crippen molar-refractivity contribution in [1.82, 2.24) is 9.78 Å². The number of carbonyl (C=O) groups excluding carboxylic acids is 3. The van der Waals surface area contributed by atoms with Gasteiger partial charge in [0.1, 0.15) is 28.9 Å². The molecule has 3 aromatic carbocycles. The minimum Gasteiger partial charge on any atom is -0.406 e. The number of thioether (sulfide) groups is 1. The number of aliphatic imine (C=N–C) groups is 1. The minimum atomic E-state index is -4.87. The van der Waals surface area contributed by atoms with Gasteiger partial charge in [0.2, 0.25) is 5.91 Å². The lowest BCUT2D eigenvalue weighted by molar-refractivity contribution is -0.274. The Morgan fingerprint density at radius 1 is 1.06 bits per heavy atom. The number of ether oxygens (including phenoxy) is 1. The fraction of sp³-hybridized carbons (Fsp3) is 0.212. The van der Waals surface area contributed by atoms with Gasteiger partial charge in [-0.05, 0) is 66.4 Å². The lowest BCUT2D eigenvalue weighted by Gasteiger charge is -2.22. The number of nitrogens with zero attached hydrogens (tertiary/aromatic N) is 5. The van der Waals surface area contributed by atoms with E-state index < -0.39 is 24.1 Å². The van der Waals surface area contributed by atoms with Gasteiger partial charge in [0.25, 0.3) is 5.91 Å². The van der Waals surface area contributed by atoms with E-state index in [2.05, 4.69) is 25.5 Å².